The topological polar surface area (TPSA) is 50.2 Å². The highest BCUT2D eigenvalue weighted by atomic mass is 19.1. The Labute approximate surface area is 142 Å². The molecular formula is C20H24FNO2. The molecule has 1 heterocycles. The van der Waals surface area contributed by atoms with Gasteiger partial charge in [0.15, 0.2) is 0 Å². The van der Waals surface area contributed by atoms with Crippen LogP contribution in [0.1, 0.15) is 49.4 Å². The summed E-state index contributed by atoms with van der Waals surface area (Å²) in [5.41, 5.74) is 2.48. The Balaban J connectivity index is 2.69. The predicted octanol–water partition coefficient (Wildman–Crippen LogP) is 4.98. The van der Waals surface area contributed by atoms with Crippen molar-refractivity contribution in [3.05, 3.63) is 53.1 Å². The van der Waals surface area contributed by atoms with Crippen LogP contribution in [0.3, 0.4) is 0 Å². The number of halogens is 1. The number of nitrogens with zero attached hydrogens (tertiary/aromatic N) is 1. The minimum absolute atomic E-state index is 0.162. The van der Waals surface area contributed by atoms with Crippen molar-refractivity contribution >= 4 is 5.97 Å². The summed E-state index contributed by atoms with van der Waals surface area (Å²) in [5, 5.41) is 9.56. The molecule has 0 aliphatic carbocycles. The molecule has 0 unspecified atom stereocenters. The van der Waals surface area contributed by atoms with E-state index in [-0.39, 0.29) is 11.4 Å². The molecule has 1 N–H and O–H groups in total. The molecule has 2 rings (SSSR count). The fourth-order valence-electron chi connectivity index (χ4n) is 2.78. The smallest absolute Gasteiger partial charge is 0.337 e. The number of carboxylic acids is 1. The Morgan fingerprint density at radius 3 is 2.17 bits per heavy atom. The molecule has 2 aromatic rings. The Kier molecular flexibility index (Phi) is 5.71. The zero-order valence-corrected chi connectivity index (χ0v) is 14.6. The maximum absolute atomic E-state index is 14.3. The van der Waals surface area contributed by atoms with Crippen LogP contribution < -0.4 is 0 Å². The molecule has 0 atom stereocenters. The normalized spacial score (nSPS) is 11.3. The monoisotopic (exact) mass is 329 g/mol. The van der Waals surface area contributed by atoms with Crippen LogP contribution in [0.4, 0.5) is 4.39 Å². The molecule has 3 nitrogen and oxygen atoms in total. The summed E-state index contributed by atoms with van der Waals surface area (Å²) in [5.74, 6) is -0.753. The van der Waals surface area contributed by atoms with Gasteiger partial charge in [0.1, 0.15) is 5.82 Å². The molecule has 24 heavy (non-hydrogen) atoms. The van der Waals surface area contributed by atoms with Gasteiger partial charge in [0.2, 0.25) is 0 Å². The van der Waals surface area contributed by atoms with Crippen LogP contribution in [0.15, 0.2) is 30.3 Å². The number of hydrogen-bond acceptors (Lipinski definition) is 2. The third-order valence-corrected chi connectivity index (χ3v) is 3.78. The molecule has 0 spiro atoms. The summed E-state index contributed by atoms with van der Waals surface area (Å²) in [6, 6.07) is 8.02. The van der Waals surface area contributed by atoms with E-state index in [1.54, 1.807) is 24.3 Å². The van der Waals surface area contributed by atoms with Crippen LogP contribution in [0.25, 0.3) is 11.1 Å². The van der Waals surface area contributed by atoms with Gasteiger partial charge in [-0.05, 0) is 36.8 Å². The second-order valence-electron chi connectivity index (χ2n) is 6.96. The number of hydrogen-bond donors (Lipinski definition) is 1. The maximum Gasteiger partial charge on any atom is 0.337 e. The van der Waals surface area contributed by atoms with Gasteiger partial charge in [0, 0.05) is 16.8 Å². The molecule has 0 saturated heterocycles. The average Bonchev–Trinajstić information content (AvgIpc) is 2.47. The van der Waals surface area contributed by atoms with Crippen molar-refractivity contribution in [2.75, 3.05) is 0 Å². The highest BCUT2D eigenvalue weighted by molar-refractivity contribution is 5.91. The van der Waals surface area contributed by atoms with E-state index in [2.05, 4.69) is 18.8 Å². The first-order valence-electron chi connectivity index (χ1n) is 8.30. The largest absolute Gasteiger partial charge is 0.478 e. The van der Waals surface area contributed by atoms with Crippen molar-refractivity contribution in [2.24, 2.45) is 11.8 Å². The molecule has 0 fully saturated rings. The summed E-state index contributed by atoms with van der Waals surface area (Å²) in [6.45, 7) is 8.19. The van der Waals surface area contributed by atoms with Gasteiger partial charge in [0.05, 0.1) is 11.3 Å². The average molecular weight is 329 g/mol. The van der Waals surface area contributed by atoms with E-state index in [4.69, 9.17) is 0 Å². The lowest BCUT2D eigenvalue weighted by Gasteiger charge is -2.17. The third-order valence-electron chi connectivity index (χ3n) is 3.78. The van der Waals surface area contributed by atoms with Crippen molar-refractivity contribution in [2.45, 2.75) is 40.5 Å². The Hall–Kier alpha value is -2.23. The minimum atomic E-state index is -1.02. The van der Waals surface area contributed by atoms with E-state index in [1.807, 2.05) is 13.8 Å². The van der Waals surface area contributed by atoms with Crippen molar-refractivity contribution in [3.8, 4) is 11.1 Å². The molecule has 4 heteroatoms. The highest BCUT2D eigenvalue weighted by Gasteiger charge is 2.20. The van der Waals surface area contributed by atoms with Crippen LogP contribution in [0.5, 0.6) is 0 Å². The first kappa shape index (κ1) is 18.1. The van der Waals surface area contributed by atoms with Gasteiger partial charge in [-0.25, -0.2) is 9.18 Å². The van der Waals surface area contributed by atoms with Crippen LogP contribution in [-0.4, -0.2) is 16.1 Å². The van der Waals surface area contributed by atoms with Gasteiger partial charge >= 0.3 is 5.97 Å². The first-order chi connectivity index (χ1) is 11.3. The van der Waals surface area contributed by atoms with Crippen LogP contribution in [0, 0.1) is 17.7 Å². The van der Waals surface area contributed by atoms with Gasteiger partial charge in [-0.15, -0.1) is 0 Å². The van der Waals surface area contributed by atoms with E-state index in [9.17, 15) is 14.3 Å². The van der Waals surface area contributed by atoms with Crippen molar-refractivity contribution in [1.82, 2.24) is 4.98 Å². The number of aromatic carboxylic acids is 1. The van der Waals surface area contributed by atoms with E-state index in [0.717, 1.165) is 5.69 Å². The molecule has 128 valence electrons. The Morgan fingerprint density at radius 2 is 1.62 bits per heavy atom. The zero-order chi connectivity index (χ0) is 17.9. The van der Waals surface area contributed by atoms with Gasteiger partial charge in [-0.3, -0.25) is 4.98 Å². The first-order valence-corrected chi connectivity index (χ1v) is 8.30. The summed E-state index contributed by atoms with van der Waals surface area (Å²) in [4.78, 5) is 16.3. The molecule has 1 aromatic heterocycles. The van der Waals surface area contributed by atoms with E-state index in [0.29, 0.717) is 41.5 Å². The predicted molar refractivity (Wildman–Crippen MR) is 93.7 cm³/mol. The molecular weight excluding hydrogens is 305 g/mol. The SMILES string of the molecule is CC(C)Cc1nc(CC(C)C)c(-c2ccccc2F)cc1C(=O)O. The lowest BCUT2D eigenvalue weighted by Crippen LogP contribution is -2.12. The maximum atomic E-state index is 14.3. The molecule has 0 aliphatic rings. The van der Waals surface area contributed by atoms with Crippen molar-refractivity contribution in [1.29, 1.82) is 0 Å². The zero-order valence-electron chi connectivity index (χ0n) is 14.6. The highest BCUT2D eigenvalue weighted by Crippen LogP contribution is 2.30. The van der Waals surface area contributed by atoms with Gasteiger partial charge in [-0.2, -0.15) is 0 Å². The lowest BCUT2D eigenvalue weighted by atomic mass is 9.93. The van der Waals surface area contributed by atoms with E-state index in [1.165, 1.54) is 6.07 Å². The number of pyridine rings is 1. The van der Waals surface area contributed by atoms with Crippen LogP contribution in [-0.2, 0) is 12.8 Å². The number of carbonyl (C=O) groups is 1. The number of carboxylic acid groups (broad SMARTS) is 1. The van der Waals surface area contributed by atoms with Gasteiger partial charge in [-0.1, -0.05) is 45.9 Å². The number of rotatable bonds is 6. The van der Waals surface area contributed by atoms with E-state index >= 15 is 0 Å². The summed E-state index contributed by atoms with van der Waals surface area (Å²) in [6.07, 6.45) is 1.26. The minimum Gasteiger partial charge on any atom is -0.478 e. The molecule has 0 saturated carbocycles. The molecule has 0 aliphatic heterocycles. The Bertz CT molecular complexity index is 738. The molecule has 0 radical (unpaired) electrons. The van der Waals surface area contributed by atoms with E-state index < -0.39 is 5.97 Å². The molecule has 1 aromatic carbocycles. The summed E-state index contributed by atoms with van der Waals surface area (Å²) >= 11 is 0. The lowest BCUT2D eigenvalue weighted by molar-refractivity contribution is 0.0695. The van der Waals surface area contributed by atoms with Gasteiger partial charge in [0.25, 0.3) is 0 Å². The fourth-order valence-corrected chi connectivity index (χ4v) is 2.78. The number of aromatic nitrogens is 1. The van der Waals surface area contributed by atoms with Gasteiger partial charge < -0.3 is 5.11 Å². The quantitative estimate of drug-likeness (QED) is 0.813. The number of benzene rings is 1. The second kappa shape index (κ2) is 7.56. The summed E-state index contributed by atoms with van der Waals surface area (Å²) < 4.78 is 14.3. The Morgan fingerprint density at radius 1 is 1.04 bits per heavy atom. The molecule has 0 bridgehead atoms. The van der Waals surface area contributed by atoms with Crippen molar-refractivity contribution in [3.63, 3.8) is 0 Å². The van der Waals surface area contributed by atoms with Crippen molar-refractivity contribution < 1.29 is 14.3 Å². The summed E-state index contributed by atoms with van der Waals surface area (Å²) in [7, 11) is 0. The third kappa shape index (κ3) is 4.19. The van der Waals surface area contributed by atoms with Crippen LogP contribution in [0.2, 0.25) is 0 Å². The second-order valence-corrected chi connectivity index (χ2v) is 6.96. The van der Waals surface area contributed by atoms with Crippen LogP contribution >= 0.6 is 0 Å². The standard InChI is InChI=1S/C20H24FNO2/c1-12(2)9-18-15(14-7-5-6-8-17(14)21)11-16(20(23)24)19(22-18)10-13(3)4/h5-8,11-13H,9-10H2,1-4H3,(H,23,24). The fraction of sp³-hybridized carbons (Fsp3) is 0.400. The molecule has 0 amide bonds.